The van der Waals surface area contributed by atoms with Crippen LogP contribution in [0.2, 0.25) is 0 Å². The minimum atomic E-state index is -0.345. The fraction of sp³-hybridized carbons (Fsp3) is 0.500. The van der Waals surface area contributed by atoms with Crippen molar-refractivity contribution in [3.63, 3.8) is 0 Å². The van der Waals surface area contributed by atoms with Crippen molar-refractivity contribution in [1.82, 2.24) is 20.6 Å². The minimum absolute atomic E-state index is 0.0476. The van der Waals surface area contributed by atoms with E-state index in [1.54, 1.807) is 14.2 Å². The molecule has 1 aromatic carbocycles. The number of anilines is 1. The van der Waals surface area contributed by atoms with E-state index in [0.29, 0.717) is 34.0 Å². The van der Waals surface area contributed by atoms with Crippen molar-refractivity contribution in [1.29, 1.82) is 0 Å². The molecule has 2 heterocycles. The summed E-state index contributed by atoms with van der Waals surface area (Å²) < 4.78 is 18.3. The predicted octanol–water partition coefficient (Wildman–Crippen LogP) is 3.89. The summed E-state index contributed by atoms with van der Waals surface area (Å²) in [5.74, 6) is 2.67. The molecule has 1 amide bonds. The van der Waals surface area contributed by atoms with Crippen molar-refractivity contribution in [3.8, 4) is 17.2 Å². The molecular weight excluding hydrogens is 406 g/mol. The lowest BCUT2D eigenvalue weighted by Crippen LogP contribution is -2.29. The van der Waals surface area contributed by atoms with Gasteiger partial charge in [0.2, 0.25) is 0 Å². The van der Waals surface area contributed by atoms with E-state index in [0.717, 1.165) is 22.9 Å². The molecule has 160 valence electrons. The Balaban J connectivity index is 1.76. The Morgan fingerprint density at radius 3 is 2.47 bits per heavy atom. The molecule has 1 aliphatic rings. The Kier molecular flexibility index (Phi) is 5.76. The van der Waals surface area contributed by atoms with Crippen LogP contribution in [0.25, 0.3) is 10.1 Å². The quantitative estimate of drug-likeness (QED) is 0.609. The van der Waals surface area contributed by atoms with E-state index in [1.165, 1.54) is 17.8 Å². The molecule has 0 saturated heterocycles. The van der Waals surface area contributed by atoms with Gasteiger partial charge in [-0.2, -0.15) is 5.21 Å². The second-order valence-corrected chi connectivity index (χ2v) is 8.86. The monoisotopic (exact) mass is 431 g/mol. The van der Waals surface area contributed by atoms with E-state index in [-0.39, 0.29) is 18.0 Å². The molecule has 0 aliphatic heterocycles. The van der Waals surface area contributed by atoms with Crippen molar-refractivity contribution in [3.05, 3.63) is 17.0 Å². The second kappa shape index (κ2) is 8.47. The first-order chi connectivity index (χ1) is 14.5. The zero-order chi connectivity index (χ0) is 21.3. The number of ether oxygens (including phenoxy) is 3. The summed E-state index contributed by atoms with van der Waals surface area (Å²) in [6, 6.07) is 3.73. The van der Waals surface area contributed by atoms with Gasteiger partial charge < -0.3 is 14.2 Å². The zero-order valence-electron chi connectivity index (χ0n) is 17.4. The highest BCUT2D eigenvalue weighted by Gasteiger charge is 2.29. The number of nitrogens with one attached hydrogen (secondary N) is 2. The summed E-state index contributed by atoms with van der Waals surface area (Å²) in [6.45, 7) is 4.49. The number of methoxy groups -OCH3 is 2. The van der Waals surface area contributed by atoms with Crippen LogP contribution in [0.15, 0.2) is 12.1 Å². The number of hydrogen-bond donors (Lipinski definition) is 2. The normalized spacial score (nSPS) is 21.4. The lowest BCUT2D eigenvalue weighted by atomic mass is 9.82. The third-order valence-corrected chi connectivity index (χ3v) is 6.48. The van der Waals surface area contributed by atoms with Gasteiger partial charge in [0.25, 0.3) is 11.9 Å². The van der Waals surface area contributed by atoms with Crippen molar-refractivity contribution in [2.75, 3.05) is 19.5 Å². The molecule has 0 bridgehead atoms. The summed E-state index contributed by atoms with van der Waals surface area (Å²) in [5.41, 5.74) is 0. The van der Waals surface area contributed by atoms with E-state index in [1.807, 2.05) is 12.1 Å². The third-order valence-electron chi connectivity index (χ3n) is 5.35. The largest absolute Gasteiger partial charge is 0.493 e. The Morgan fingerprint density at radius 2 is 1.83 bits per heavy atom. The maximum absolute atomic E-state index is 13.0. The maximum atomic E-state index is 13.0. The molecule has 4 rings (SSSR count). The maximum Gasteiger partial charge on any atom is 0.272 e. The van der Waals surface area contributed by atoms with Crippen LogP contribution >= 0.6 is 11.3 Å². The number of fused-ring (bicyclic) bond motifs is 1. The fourth-order valence-corrected chi connectivity index (χ4v) is 5.22. The summed E-state index contributed by atoms with van der Waals surface area (Å²) in [7, 11) is 3.17. The van der Waals surface area contributed by atoms with Crippen molar-refractivity contribution in [2.24, 2.45) is 11.8 Å². The first-order valence-electron chi connectivity index (χ1n) is 9.88. The van der Waals surface area contributed by atoms with Crippen LogP contribution in [0.3, 0.4) is 0 Å². The predicted molar refractivity (Wildman–Crippen MR) is 114 cm³/mol. The van der Waals surface area contributed by atoms with E-state index < -0.39 is 0 Å². The number of hydrogen-bond acceptors (Lipinski definition) is 8. The highest BCUT2D eigenvalue weighted by atomic mass is 32.1. The van der Waals surface area contributed by atoms with E-state index >= 15 is 0 Å². The lowest BCUT2D eigenvalue weighted by molar-refractivity contribution is 0.0961. The molecule has 3 atom stereocenters. The van der Waals surface area contributed by atoms with Gasteiger partial charge >= 0.3 is 0 Å². The molecule has 1 unspecified atom stereocenters. The Bertz CT molecular complexity index is 1030. The molecular formula is C20H25N5O4S. The van der Waals surface area contributed by atoms with Crippen LogP contribution in [0, 0.1) is 11.8 Å². The summed E-state index contributed by atoms with van der Waals surface area (Å²) >= 11 is 1.33. The summed E-state index contributed by atoms with van der Waals surface area (Å²) in [5, 5.41) is 16.9. The van der Waals surface area contributed by atoms with Crippen molar-refractivity contribution in [2.45, 2.75) is 39.2 Å². The van der Waals surface area contributed by atoms with Crippen LogP contribution in [0.5, 0.6) is 17.2 Å². The number of rotatable bonds is 6. The lowest BCUT2D eigenvalue weighted by Gasteiger charge is -2.31. The summed E-state index contributed by atoms with van der Waals surface area (Å²) in [4.78, 5) is 13.5. The Morgan fingerprint density at radius 1 is 1.13 bits per heavy atom. The van der Waals surface area contributed by atoms with Crippen LogP contribution in [0.4, 0.5) is 5.95 Å². The average Bonchev–Trinajstić information content (AvgIpc) is 3.34. The SMILES string of the molecule is COc1cc2sc(C(=O)Nc3nn[nH]n3)c(OC3C[C@@H](C)C[C@@H](C)C3)c2cc1OC. The van der Waals surface area contributed by atoms with Crippen LogP contribution in [-0.2, 0) is 0 Å². The topological polar surface area (TPSA) is 111 Å². The zero-order valence-corrected chi connectivity index (χ0v) is 18.2. The highest BCUT2D eigenvalue weighted by Crippen LogP contribution is 2.45. The standard InChI is InChI=1S/C20H25N5O4S/c1-10-5-11(2)7-12(6-10)29-17-13-8-14(27-3)15(28-4)9-16(13)30-18(17)19(26)21-20-22-24-25-23-20/h8-12H,5-7H2,1-4H3,(H2,21,22,23,24,25,26)/t10-,11+,12?. The van der Waals surface area contributed by atoms with Gasteiger partial charge in [-0.1, -0.05) is 18.9 Å². The summed E-state index contributed by atoms with van der Waals surface area (Å²) in [6.07, 6.45) is 3.16. The molecule has 30 heavy (non-hydrogen) atoms. The number of nitrogens with zero attached hydrogens (tertiary/aromatic N) is 3. The van der Waals surface area contributed by atoms with Gasteiger partial charge in [-0.05, 0) is 42.4 Å². The first kappa shape index (κ1) is 20.4. The number of aromatic amines is 1. The van der Waals surface area contributed by atoms with Crippen molar-refractivity contribution >= 4 is 33.3 Å². The number of benzene rings is 1. The van der Waals surface area contributed by atoms with Gasteiger partial charge in [0.1, 0.15) is 4.88 Å². The number of carbonyl (C=O) groups excluding carboxylic acids is 1. The van der Waals surface area contributed by atoms with Crippen LogP contribution in [-0.4, -0.2) is 46.9 Å². The van der Waals surface area contributed by atoms with E-state index in [9.17, 15) is 4.79 Å². The average molecular weight is 432 g/mol. The van der Waals surface area contributed by atoms with Gasteiger partial charge in [-0.15, -0.1) is 16.4 Å². The second-order valence-electron chi connectivity index (χ2n) is 7.81. The van der Waals surface area contributed by atoms with Gasteiger partial charge in [0, 0.05) is 16.2 Å². The number of carbonyl (C=O) groups is 1. The molecule has 0 spiro atoms. The molecule has 2 aromatic heterocycles. The number of tetrazole rings is 1. The number of H-pyrrole nitrogens is 1. The Hall–Kier alpha value is -2.88. The Labute approximate surface area is 178 Å². The third kappa shape index (κ3) is 4.04. The molecule has 1 fully saturated rings. The number of aromatic nitrogens is 4. The molecule has 9 nitrogen and oxygen atoms in total. The van der Waals surface area contributed by atoms with Gasteiger partial charge in [-0.25, -0.2) is 0 Å². The molecule has 3 aromatic rings. The number of thiophene rings is 1. The van der Waals surface area contributed by atoms with Crippen LogP contribution in [0.1, 0.15) is 42.8 Å². The highest BCUT2D eigenvalue weighted by molar-refractivity contribution is 7.21. The van der Waals surface area contributed by atoms with Crippen LogP contribution < -0.4 is 19.5 Å². The first-order valence-corrected chi connectivity index (χ1v) is 10.7. The smallest absolute Gasteiger partial charge is 0.272 e. The molecule has 1 aliphatic carbocycles. The van der Waals surface area contributed by atoms with E-state index in [4.69, 9.17) is 14.2 Å². The fourth-order valence-electron chi connectivity index (χ4n) is 4.18. The van der Waals surface area contributed by atoms with Crippen molar-refractivity contribution < 1.29 is 19.0 Å². The molecule has 0 radical (unpaired) electrons. The van der Waals surface area contributed by atoms with Gasteiger partial charge in [-0.3, -0.25) is 10.1 Å². The minimum Gasteiger partial charge on any atom is -0.493 e. The molecule has 1 saturated carbocycles. The van der Waals surface area contributed by atoms with Gasteiger partial charge in [0.15, 0.2) is 17.2 Å². The number of amides is 1. The van der Waals surface area contributed by atoms with Gasteiger partial charge in [0.05, 0.1) is 20.3 Å². The van der Waals surface area contributed by atoms with E-state index in [2.05, 4.69) is 39.8 Å². The molecule has 2 N–H and O–H groups in total. The molecule has 10 heteroatoms.